The van der Waals surface area contributed by atoms with Crippen molar-refractivity contribution in [2.24, 2.45) is 5.92 Å². The third kappa shape index (κ3) is 4.15. The first-order chi connectivity index (χ1) is 16.7. The van der Waals surface area contributed by atoms with Crippen molar-refractivity contribution in [2.75, 3.05) is 25.0 Å². The zero-order chi connectivity index (χ0) is 23.5. The number of aromatic nitrogens is 2. The van der Waals surface area contributed by atoms with Crippen LogP contribution in [0.5, 0.6) is 11.5 Å². The number of amides is 1. The number of nitrogens with zero attached hydrogens (tertiary/aromatic N) is 4. The Bertz CT molecular complexity index is 1220. The van der Waals surface area contributed by atoms with Gasteiger partial charge in [0.15, 0.2) is 0 Å². The molecule has 34 heavy (non-hydrogen) atoms. The number of carbonyl (C=O) groups is 1. The van der Waals surface area contributed by atoms with Crippen LogP contribution in [0, 0.1) is 17.2 Å². The molecule has 1 saturated heterocycles. The van der Waals surface area contributed by atoms with Gasteiger partial charge in [0.2, 0.25) is 5.91 Å². The molecule has 1 N–H and O–H groups in total. The lowest BCUT2D eigenvalue weighted by atomic mass is 9.87. The van der Waals surface area contributed by atoms with Crippen LogP contribution >= 0.6 is 0 Å². The van der Waals surface area contributed by atoms with E-state index in [0.717, 1.165) is 61.8 Å². The maximum atomic E-state index is 12.0. The van der Waals surface area contributed by atoms with Gasteiger partial charge in [0, 0.05) is 25.2 Å². The predicted molar refractivity (Wildman–Crippen MR) is 131 cm³/mol. The Morgan fingerprint density at radius 3 is 2.47 bits per heavy atom. The van der Waals surface area contributed by atoms with Crippen LogP contribution in [-0.4, -0.2) is 40.2 Å². The highest BCUT2D eigenvalue weighted by Gasteiger charge is 2.34. The smallest absolute Gasteiger partial charge is 0.245 e. The van der Waals surface area contributed by atoms with Crippen LogP contribution in [0.3, 0.4) is 0 Å². The van der Waals surface area contributed by atoms with Crippen molar-refractivity contribution in [1.82, 2.24) is 14.7 Å². The minimum atomic E-state index is -0.00252. The lowest BCUT2D eigenvalue weighted by molar-refractivity contribution is -0.127. The molecule has 1 fully saturated rings. The summed E-state index contributed by atoms with van der Waals surface area (Å²) in [6, 6.07) is 19.9. The Labute approximate surface area is 199 Å². The second-order valence-electron chi connectivity index (χ2n) is 8.72. The van der Waals surface area contributed by atoms with Crippen molar-refractivity contribution in [1.29, 1.82) is 5.26 Å². The van der Waals surface area contributed by atoms with E-state index in [1.165, 1.54) is 6.08 Å². The third-order valence-corrected chi connectivity index (χ3v) is 6.75. The Morgan fingerprint density at radius 1 is 1.09 bits per heavy atom. The van der Waals surface area contributed by atoms with Gasteiger partial charge >= 0.3 is 0 Å². The van der Waals surface area contributed by atoms with Crippen molar-refractivity contribution >= 4 is 11.7 Å². The van der Waals surface area contributed by atoms with Crippen LogP contribution in [0.1, 0.15) is 30.9 Å². The Morgan fingerprint density at radius 2 is 1.79 bits per heavy atom. The molecule has 1 amide bonds. The summed E-state index contributed by atoms with van der Waals surface area (Å²) >= 11 is 0. The van der Waals surface area contributed by atoms with Crippen molar-refractivity contribution in [3.8, 4) is 28.8 Å². The van der Waals surface area contributed by atoms with Crippen molar-refractivity contribution < 1.29 is 9.53 Å². The van der Waals surface area contributed by atoms with E-state index in [0.29, 0.717) is 17.2 Å². The van der Waals surface area contributed by atoms with E-state index in [1.54, 1.807) is 0 Å². The zero-order valence-electron chi connectivity index (χ0n) is 19.0. The van der Waals surface area contributed by atoms with Gasteiger partial charge in [0.1, 0.15) is 34.6 Å². The molecule has 5 rings (SSSR count). The standard InChI is InChI=1S/C27H27N5O2/c1-2-25(33)31-16-13-19(14-17-31)24-12-15-29-27-23(18-28)26(30-32(24)27)20-8-10-22(11-9-20)34-21-6-4-3-5-7-21/h2-11,19,24,29H,1,12-17H2/t24-/m0/s1. The van der Waals surface area contributed by atoms with Gasteiger partial charge in [0.05, 0.1) is 6.04 Å². The summed E-state index contributed by atoms with van der Waals surface area (Å²) in [5.74, 6) is 2.71. The Hall–Kier alpha value is -4.05. The molecule has 2 aliphatic heterocycles. The molecule has 1 aromatic heterocycles. The molecule has 3 heterocycles. The lowest BCUT2D eigenvalue weighted by Crippen LogP contribution is -2.41. The number of benzene rings is 2. The summed E-state index contributed by atoms with van der Waals surface area (Å²) in [7, 11) is 0. The fourth-order valence-corrected chi connectivity index (χ4v) is 4.99. The molecule has 0 unspecified atom stereocenters. The minimum absolute atomic E-state index is 0.00252. The van der Waals surface area contributed by atoms with Gasteiger partial charge in [-0.05, 0) is 67.7 Å². The van der Waals surface area contributed by atoms with Crippen molar-refractivity contribution in [2.45, 2.75) is 25.3 Å². The van der Waals surface area contributed by atoms with E-state index in [9.17, 15) is 10.1 Å². The fraction of sp³-hybridized carbons (Fsp3) is 0.296. The molecular weight excluding hydrogens is 426 g/mol. The largest absolute Gasteiger partial charge is 0.457 e. The molecule has 3 aromatic rings. The molecule has 0 aliphatic carbocycles. The summed E-state index contributed by atoms with van der Waals surface area (Å²) < 4.78 is 7.92. The van der Waals surface area contributed by atoms with Gasteiger partial charge < -0.3 is 15.0 Å². The van der Waals surface area contributed by atoms with E-state index >= 15 is 0 Å². The van der Waals surface area contributed by atoms with Crippen LogP contribution in [0.15, 0.2) is 67.3 Å². The molecule has 0 saturated carbocycles. The van der Waals surface area contributed by atoms with Crippen LogP contribution in [0.25, 0.3) is 11.3 Å². The average molecular weight is 454 g/mol. The maximum Gasteiger partial charge on any atom is 0.245 e. The average Bonchev–Trinajstić information content (AvgIpc) is 3.28. The van der Waals surface area contributed by atoms with Crippen LogP contribution in [-0.2, 0) is 4.79 Å². The van der Waals surface area contributed by atoms with Gasteiger partial charge in [-0.15, -0.1) is 0 Å². The van der Waals surface area contributed by atoms with E-state index in [4.69, 9.17) is 9.84 Å². The summed E-state index contributed by atoms with van der Waals surface area (Å²) in [6.45, 7) is 5.87. The second kappa shape index (κ2) is 9.44. The van der Waals surface area contributed by atoms with E-state index < -0.39 is 0 Å². The number of para-hydroxylation sites is 1. The second-order valence-corrected chi connectivity index (χ2v) is 8.72. The SMILES string of the molecule is C=CC(=O)N1CCC([C@@H]2CCNc3c(C#N)c(-c4ccc(Oc5ccccc5)cc4)nn32)CC1. The molecule has 2 aromatic carbocycles. The van der Waals surface area contributed by atoms with Crippen LogP contribution < -0.4 is 10.1 Å². The molecular formula is C27H27N5O2. The van der Waals surface area contributed by atoms with E-state index in [1.807, 2.05) is 64.2 Å². The number of hydrogen-bond acceptors (Lipinski definition) is 5. The van der Waals surface area contributed by atoms with Gasteiger partial charge in [-0.2, -0.15) is 10.4 Å². The summed E-state index contributed by atoms with van der Waals surface area (Å²) in [4.78, 5) is 13.8. The number of anilines is 1. The Kier molecular flexibility index (Phi) is 6.05. The number of rotatable bonds is 5. The van der Waals surface area contributed by atoms with Gasteiger partial charge in [-0.1, -0.05) is 24.8 Å². The fourth-order valence-electron chi connectivity index (χ4n) is 4.99. The predicted octanol–water partition coefficient (Wildman–Crippen LogP) is 5.00. The van der Waals surface area contributed by atoms with Gasteiger partial charge in [-0.25, -0.2) is 4.68 Å². The number of nitriles is 1. The molecule has 0 spiro atoms. The number of ether oxygens (including phenoxy) is 1. The first-order valence-corrected chi connectivity index (χ1v) is 11.7. The third-order valence-electron chi connectivity index (χ3n) is 6.75. The van der Waals surface area contributed by atoms with Crippen molar-refractivity contribution in [3.05, 3.63) is 72.8 Å². The maximum absolute atomic E-state index is 12.0. The number of nitrogens with one attached hydrogen (secondary N) is 1. The van der Waals surface area contributed by atoms with Crippen LogP contribution in [0.2, 0.25) is 0 Å². The molecule has 7 heteroatoms. The molecule has 2 aliphatic rings. The molecule has 1 atom stereocenters. The summed E-state index contributed by atoms with van der Waals surface area (Å²) in [5, 5.41) is 18.3. The number of fused-ring (bicyclic) bond motifs is 1. The molecule has 0 radical (unpaired) electrons. The normalized spacial score (nSPS) is 17.9. The Balaban J connectivity index is 1.38. The topological polar surface area (TPSA) is 83.2 Å². The molecule has 7 nitrogen and oxygen atoms in total. The van der Waals surface area contributed by atoms with Gasteiger partial charge in [-0.3, -0.25) is 4.79 Å². The number of carbonyl (C=O) groups excluding carboxylic acids is 1. The first-order valence-electron chi connectivity index (χ1n) is 11.7. The van der Waals surface area contributed by atoms with E-state index in [-0.39, 0.29) is 11.9 Å². The summed E-state index contributed by atoms with van der Waals surface area (Å²) in [5.41, 5.74) is 2.13. The van der Waals surface area contributed by atoms with Gasteiger partial charge in [0.25, 0.3) is 0 Å². The lowest BCUT2D eigenvalue weighted by Gasteiger charge is -2.38. The van der Waals surface area contributed by atoms with Crippen molar-refractivity contribution in [3.63, 3.8) is 0 Å². The quantitative estimate of drug-likeness (QED) is 0.550. The van der Waals surface area contributed by atoms with E-state index in [2.05, 4.69) is 18.0 Å². The summed E-state index contributed by atoms with van der Waals surface area (Å²) in [6.07, 6.45) is 4.18. The highest BCUT2D eigenvalue weighted by molar-refractivity contribution is 5.87. The molecule has 172 valence electrons. The zero-order valence-corrected chi connectivity index (χ0v) is 19.0. The first kappa shape index (κ1) is 21.8. The number of likely N-dealkylation sites (tertiary alicyclic amines) is 1. The highest BCUT2D eigenvalue weighted by Crippen LogP contribution is 2.40. The number of piperidine rings is 1. The highest BCUT2D eigenvalue weighted by atomic mass is 16.5. The van der Waals surface area contributed by atoms with Crippen LogP contribution in [0.4, 0.5) is 5.82 Å². The monoisotopic (exact) mass is 453 g/mol. The number of hydrogen-bond donors (Lipinski definition) is 1. The molecule has 0 bridgehead atoms. The minimum Gasteiger partial charge on any atom is -0.457 e.